The van der Waals surface area contributed by atoms with Crippen LogP contribution in [0.25, 0.3) is 21.5 Å². The van der Waals surface area contributed by atoms with Crippen molar-refractivity contribution in [1.29, 1.82) is 0 Å². The Morgan fingerprint density at radius 1 is 1.04 bits per heavy atom. The first kappa shape index (κ1) is 15.0. The number of para-hydroxylation sites is 1. The standard InChI is InChI=1S/C18H13N3OS2/c1-11-6-8-12(9-7-11)14-10-23-18(20-14)21-16(22)17-19-13-4-2-3-5-15(13)24-17/h2-10H,1H3,(H,20,21,22). The first-order valence-corrected chi connectivity index (χ1v) is 9.08. The Bertz CT molecular complexity index is 985. The van der Waals surface area contributed by atoms with Crippen LogP contribution in [0, 0.1) is 6.92 Å². The van der Waals surface area contributed by atoms with Gasteiger partial charge in [-0.1, -0.05) is 42.0 Å². The first-order valence-electron chi connectivity index (χ1n) is 7.38. The van der Waals surface area contributed by atoms with Crippen LogP contribution in [0.2, 0.25) is 0 Å². The third kappa shape index (κ3) is 2.93. The highest BCUT2D eigenvalue weighted by Crippen LogP contribution is 2.27. The summed E-state index contributed by atoms with van der Waals surface area (Å²) in [6, 6.07) is 15.9. The van der Waals surface area contributed by atoms with Crippen LogP contribution in [0.3, 0.4) is 0 Å². The molecule has 2 heterocycles. The Morgan fingerprint density at radius 3 is 2.62 bits per heavy atom. The molecule has 2 aromatic carbocycles. The van der Waals surface area contributed by atoms with Crippen LogP contribution in [0.5, 0.6) is 0 Å². The average molecular weight is 351 g/mol. The number of aryl methyl sites for hydroxylation is 1. The lowest BCUT2D eigenvalue weighted by molar-refractivity contribution is 0.102. The Kier molecular flexibility index (Phi) is 3.84. The van der Waals surface area contributed by atoms with Gasteiger partial charge < -0.3 is 0 Å². The number of nitrogens with zero attached hydrogens (tertiary/aromatic N) is 2. The molecule has 0 aliphatic heterocycles. The van der Waals surface area contributed by atoms with E-state index in [2.05, 4.69) is 22.2 Å². The molecule has 4 aromatic rings. The van der Waals surface area contributed by atoms with Gasteiger partial charge in [0.2, 0.25) is 0 Å². The Balaban J connectivity index is 1.54. The van der Waals surface area contributed by atoms with E-state index in [-0.39, 0.29) is 5.91 Å². The van der Waals surface area contributed by atoms with Gasteiger partial charge in [-0.3, -0.25) is 10.1 Å². The van der Waals surface area contributed by atoms with Crippen molar-refractivity contribution in [1.82, 2.24) is 9.97 Å². The maximum absolute atomic E-state index is 12.4. The van der Waals surface area contributed by atoms with E-state index in [1.807, 2.05) is 53.9 Å². The van der Waals surface area contributed by atoms with Gasteiger partial charge in [0.05, 0.1) is 15.9 Å². The van der Waals surface area contributed by atoms with Crippen molar-refractivity contribution in [2.24, 2.45) is 0 Å². The summed E-state index contributed by atoms with van der Waals surface area (Å²) in [5, 5.41) is 5.81. The summed E-state index contributed by atoms with van der Waals surface area (Å²) in [5.74, 6) is -0.221. The molecule has 0 aliphatic carbocycles. The molecule has 0 aliphatic rings. The molecule has 2 aromatic heterocycles. The van der Waals surface area contributed by atoms with Crippen molar-refractivity contribution in [3.8, 4) is 11.3 Å². The monoisotopic (exact) mass is 351 g/mol. The van der Waals surface area contributed by atoms with Gasteiger partial charge >= 0.3 is 0 Å². The van der Waals surface area contributed by atoms with Crippen molar-refractivity contribution in [2.75, 3.05) is 5.32 Å². The zero-order chi connectivity index (χ0) is 16.5. The lowest BCUT2D eigenvalue weighted by atomic mass is 10.1. The predicted molar refractivity (Wildman–Crippen MR) is 99.9 cm³/mol. The molecule has 1 N–H and O–H groups in total. The highest BCUT2D eigenvalue weighted by atomic mass is 32.1. The smallest absolute Gasteiger partial charge is 0.286 e. The third-order valence-electron chi connectivity index (χ3n) is 3.56. The Hall–Kier alpha value is -2.57. The maximum Gasteiger partial charge on any atom is 0.286 e. The number of carbonyl (C=O) groups is 1. The summed E-state index contributed by atoms with van der Waals surface area (Å²) < 4.78 is 1.00. The van der Waals surface area contributed by atoms with Gasteiger partial charge in [-0.25, -0.2) is 9.97 Å². The van der Waals surface area contributed by atoms with E-state index in [1.54, 1.807) is 0 Å². The number of hydrogen-bond donors (Lipinski definition) is 1. The fourth-order valence-electron chi connectivity index (χ4n) is 2.31. The average Bonchev–Trinajstić information content (AvgIpc) is 3.22. The zero-order valence-electron chi connectivity index (χ0n) is 12.8. The van der Waals surface area contributed by atoms with Crippen molar-refractivity contribution in [3.63, 3.8) is 0 Å². The van der Waals surface area contributed by atoms with E-state index in [0.717, 1.165) is 21.5 Å². The first-order chi connectivity index (χ1) is 11.7. The summed E-state index contributed by atoms with van der Waals surface area (Å²) >= 11 is 2.80. The fourth-order valence-corrected chi connectivity index (χ4v) is 3.88. The normalized spacial score (nSPS) is 10.9. The summed E-state index contributed by atoms with van der Waals surface area (Å²) in [6.45, 7) is 2.05. The molecular weight excluding hydrogens is 338 g/mol. The van der Waals surface area contributed by atoms with Gasteiger partial charge in [-0.2, -0.15) is 0 Å². The Morgan fingerprint density at radius 2 is 1.83 bits per heavy atom. The third-order valence-corrected chi connectivity index (χ3v) is 5.35. The molecule has 0 atom stereocenters. The van der Waals surface area contributed by atoms with E-state index >= 15 is 0 Å². The molecule has 1 amide bonds. The molecule has 0 saturated carbocycles. The number of hydrogen-bond acceptors (Lipinski definition) is 5. The lowest BCUT2D eigenvalue weighted by Gasteiger charge is -1.98. The van der Waals surface area contributed by atoms with Gasteiger partial charge in [-0.05, 0) is 19.1 Å². The van der Waals surface area contributed by atoms with Crippen molar-refractivity contribution >= 4 is 43.9 Å². The van der Waals surface area contributed by atoms with Crippen LogP contribution in [0.15, 0.2) is 53.9 Å². The van der Waals surface area contributed by atoms with Crippen LogP contribution in [0.4, 0.5) is 5.13 Å². The number of aromatic nitrogens is 2. The largest absolute Gasteiger partial charge is 0.296 e. The summed E-state index contributed by atoms with van der Waals surface area (Å²) in [5.41, 5.74) is 3.95. The number of rotatable bonds is 3. The van der Waals surface area contributed by atoms with E-state index < -0.39 is 0 Å². The molecule has 0 spiro atoms. The van der Waals surface area contributed by atoms with Gasteiger partial charge in [0, 0.05) is 10.9 Å². The van der Waals surface area contributed by atoms with Crippen molar-refractivity contribution in [3.05, 3.63) is 64.5 Å². The number of benzene rings is 2. The van der Waals surface area contributed by atoms with E-state index in [1.165, 1.54) is 28.2 Å². The van der Waals surface area contributed by atoms with Crippen molar-refractivity contribution < 1.29 is 4.79 Å². The molecule has 0 saturated heterocycles. The van der Waals surface area contributed by atoms with Gasteiger partial charge in [0.1, 0.15) is 0 Å². The van der Waals surface area contributed by atoms with Crippen LogP contribution < -0.4 is 5.32 Å². The summed E-state index contributed by atoms with van der Waals surface area (Å²) in [4.78, 5) is 21.2. The molecule has 4 rings (SSSR count). The minimum Gasteiger partial charge on any atom is -0.296 e. The highest BCUT2D eigenvalue weighted by Gasteiger charge is 2.14. The fraction of sp³-hybridized carbons (Fsp3) is 0.0556. The minimum absolute atomic E-state index is 0.221. The molecule has 118 valence electrons. The number of thiazole rings is 2. The van der Waals surface area contributed by atoms with Crippen LogP contribution in [-0.2, 0) is 0 Å². The minimum atomic E-state index is -0.221. The molecule has 0 fully saturated rings. The number of carbonyl (C=O) groups excluding carboxylic acids is 1. The molecule has 4 nitrogen and oxygen atoms in total. The van der Waals surface area contributed by atoms with E-state index in [4.69, 9.17) is 0 Å². The topological polar surface area (TPSA) is 54.9 Å². The Labute approximate surface area is 146 Å². The maximum atomic E-state index is 12.4. The molecule has 0 bridgehead atoms. The predicted octanol–water partition coefficient (Wildman–Crippen LogP) is 4.98. The number of nitrogens with one attached hydrogen (secondary N) is 1. The van der Waals surface area contributed by atoms with Gasteiger partial charge in [-0.15, -0.1) is 22.7 Å². The van der Waals surface area contributed by atoms with Gasteiger partial charge in [0.25, 0.3) is 5.91 Å². The number of amides is 1. The second-order valence-electron chi connectivity index (χ2n) is 5.34. The van der Waals surface area contributed by atoms with Crippen LogP contribution in [-0.4, -0.2) is 15.9 Å². The molecule has 0 unspecified atom stereocenters. The summed E-state index contributed by atoms with van der Waals surface area (Å²) in [7, 11) is 0. The molecular formula is C18H13N3OS2. The molecule has 24 heavy (non-hydrogen) atoms. The van der Waals surface area contributed by atoms with E-state index in [9.17, 15) is 4.79 Å². The summed E-state index contributed by atoms with van der Waals surface area (Å²) in [6.07, 6.45) is 0. The number of fused-ring (bicyclic) bond motifs is 1. The second kappa shape index (κ2) is 6.14. The number of anilines is 1. The SMILES string of the molecule is Cc1ccc(-c2csc(NC(=O)c3nc4ccccc4s3)n2)cc1. The molecule has 0 radical (unpaired) electrons. The van der Waals surface area contributed by atoms with Crippen LogP contribution >= 0.6 is 22.7 Å². The van der Waals surface area contributed by atoms with Crippen LogP contribution in [0.1, 0.15) is 15.4 Å². The highest BCUT2D eigenvalue weighted by molar-refractivity contribution is 7.20. The van der Waals surface area contributed by atoms with Gasteiger partial charge in [0.15, 0.2) is 10.1 Å². The second-order valence-corrected chi connectivity index (χ2v) is 7.23. The quantitative estimate of drug-likeness (QED) is 0.566. The molecule has 6 heteroatoms. The van der Waals surface area contributed by atoms with Crippen molar-refractivity contribution in [2.45, 2.75) is 6.92 Å². The zero-order valence-corrected chi connectivity index (χ0v) is 14.4. The van der Waals surface area contributed by atoms with E-state index in [0.29, 0.717) is 10.1 Å². The lowest BCUT2D eigenvalue weighted by Crippen LogP contribution is -2.11.